The highest BCUT2D eigenvalue weighted by atomic mass is 32.2. The van der Waals surface area contributed by atoms with Gasteiger partial charge in [0.1, 0.15) is 32.9 Å². The molecule has 0 aliphatic carbocycles. The van der Waals surface area contributed by atoms with E-state index >= 15 is 0 Å². The Kier molecular flexibility index (Phi) is 7.16. The molecule has 3 aromatic rings. The molecule has 0 saturated heterocycles. The normalized spacial score (nSPS) is 11.8. The Morgan fingerprint density at radius 3 is 2.65 bits per heavy atom. The lowest BCUT2D eigenvalue weighted by Crippen LogP contribution is -2.34. The number of nitrogens with zero attached hydrogens (tertiary/aromatic N) is 2. The minimum atomic E-state index is -4.64. The molecule has 0 bridgehead atoms. The lowest BCUT2D eigenvalue weighted by Gasteiger charge is -2.20. The van der Waals surface area contributed by atoms with Crippen LogP contribution in [0.1, 0.15) is 38.0 Å². The Morgan fingerprint density at radius 2 is 1.97 bits per heavy atom. The predicted octanol–water partition coefficient (Wildman–Crippen LogP) is 4.05. The van der Waals surface area contributed by atoms with Crippen molar-refractivity contribution < 1.29 is 22.0 Å². The van der Waals surface area contributed by atoms with E-state index in [2.05, 4.69) is 30.7 Å². The molecule has 0 N–H and O–H groups in total. The highest BCUT2D eigenvalue weighted by Crippen LogP contribution is 2.26. The molecule has 6 nitrogen and oxygen atoms in total. The van der Waals surface area contributed by atoms with Gasteiger partial charge in [0.15, 0.2) is 12.4 Å². The first kappa shape index (κ1) is 22.6. The molecule has 0 amide bonds. The Labute approximate surface area is 183 Å². The Hall–Kier alpha value is -3.08. The number of hydrogen-bond donors (Lipinski definition) is 0. The van der Waals surface area contributed by atoms with E-state index in [1.165, 1.54) is 6.20 Å². The van der Waals surface area contributed by atoms with Crippen LogP contribution >= 0.6 is 0 Å². The molecular weight excluding hydrogens is 412 g/mol. The molecule has 0 saturated carbocycles. The van der Waals surface area contributed by atoms with Crippen molar-refractivity contribution in [2.24, 2.45) is 0 Å². The summed E-state index contributed by atoms with van der Waals surface area (Å²) in [5.74, 6) is 3.12. The van der Waals surface area contributed by atoms with Gasteiger partial charge >= 0.3 is 0 Å². The maximum Gasteiger partial charge on any atom is 0.187 e. The van der Waals surface area contributed by atoms with Crippen molar-refractivity contribution in [3.05, 3.63) is 54.0 Å². The molecule has 1 aromatic carbocycles. The molecule has 2 heterocycles. The van der Waals surface area contributed by atoms with Gasteiger partial charge in [-0.05, 0) is 44.2 Å². The average molecular weight is 439 g/mol. The van der Waals surface area contributed by atoms with Gasteiger partial charge < -0.3 is 13.9 Å². The number of benzene rings is 1. The molecule has 0 spiro atoms. The quantitative estimate of drug-likeness (QED) is 0.218. The largest absolute Gasteiger partial charge is 0.744 e. The Morgan fingerprint density at radius 1 is 1.19 bits per heavy atom. The SMILES string of the molecule is C#CCCC[n+]1ccc(/C=C/c2cc3ccc(N(CC)CC)cc3o2)c(S(=O)(=O)[O-])c1. The number of pyridine rings is 1. The van der Waals surface area contributed by atoms with Gasteiger partial charge in [-0.15, -0.1) is 12.3 Å². The third kappa shape index (κ3) is 5.54. The highest BCUT2D eigenvalue weighted by molar-refractivity contribution is 7.85. The van der Waals surface area contributed by atoms with Crippen molar-refractivity contribution in [3.63, 3.8) is 0 Å². The number of fused-ring (bicyclic) bond motifs is 1. The van der Waals surface area contributed by atoms with Crippen LogP contribution in [0.5, 0.6) is 0 Å². The third-order valence-corrected chi connectivity index (χ3v) is 5.98. The van der Waals surface area contributed by atoms with Crippen LogP contribution < -0.4 is 9.47 Å². The first-order chi connectivity index (χ1) is 14.9. The van der Waals surface area contributed by atoms with E-state index in [-0.39, 0.29) is 4.90 Å². The number of furan rings is 1. The number of anilines is 1. The second-order valence-corrected chi connectivity index (χ2v) is 8.49. The molecule has 2 aromatic heterocycles. The number of unbranched alkanes of at least 4 members (excludes halogenated alkanes) is 1. The number of aromatic nitrogens is 1. The number of rotatable bonds is 9. The fraction of sp³-hybridized carbons (Fsp3) is 0.292. The van der Waals surface area contributed by atoms with Crippen molar-refractivity contribution in [2.75, 3.05) is 18.0 Å². The van der Waals surface area contributed by atoms with Gasteiger partial charge in [0.25, 0.3) is 0 Å². The molecule has 31 heavy (non-hydrogen) atoms. The van der Waals surface area contributed by atoms with Gasteiger partial charge in [0.2, 0.25) is 0 Å². The monoisotopic (exact) mass is 438 g/mol. The van der Waals surface area contributed by atoms with E-state index in [1.807, 2.05) is 18.2 Å². The van der Waals surface area contributed by atoms with Crippen molar-refractivity contribution in [3.8, 4) is 12.3 Å². The summed E-state index contributed by atoms with van der Waals surface area (Å²) < 4.78 is 42.9. The fourth-order valence-electron chi connectivity index (χ4n) is 3.46. The van der Waals surface area contributed by atoms with Crippen LogP contribution in [-0.2, 0) is 16.7 Å². The van der Waals surface area contributed by atoms with E-state index in [1.54, 1.807) is 29.0 Å². The van der Waals surface area contributed by atoms with Gasteiger partial charge in [0, 0.05) is 54.7 Å². The van der Waals surface area contributed by atoms with Crippen molar-refractivity contribution in [1.29, 1.82) is 0 Å². The maximum absolute atomic E-state index is 11.8. The number of terminal acetylenes is 1. The number of hydrogen-bond acceptors (Lipinski definition) is 5. The van der Waals surface area contributed by atoms with Crippen LogP contribution in [0.2, 0.25) is 0 Å². The first-order valence-corrected chi connectivity index (χ1v) is 11.7. The topological polar surface area (TPSA) is 77.5 Å². The summed E-state index contributed by atoms with van der Waals surface area (Å²) in [5, 5.41) is 0.951. The van der Waals surface area contributed by atoms with Crippen LogP contribution in [0.25, 0.3) is 23.1 Å². The van der Waals surface area contributed by atoms with Crippen LogP contribution in [0.3, 0.4) is 0 Å². The Balaban J connectivity index is 1.90. The minimum Gasteiger partial charge on any atom is -0.744 e. The lowest BCUT2D eigenvalue weighted by atomic mass is 10.2. The fourth-order valence-corrected chi connectivity index (χ4v) is 4.14. The second-order valence-electron chi connectivity index (χ2n) is 7.14. The first-order valence-electron chi connectivity index (χ1n) is 10.2. The van der Waals surface area contributed by atoms with Gasteiger partial charge in [-0.25, -0.2) is 13.0 Å². The number of aryl methyl sites for hydroxylation is 1. The van der Waals surface area contributed by atoms with E-state index in [4.69, 9.17) is 10.8 Å². The summed E-state index contributed by atoms with van der Waals surface area (Å²) in [7, 11) is -4.64. The van der Waals surface area contributed by atoms with Crippen LogP contribution in [0, 0.1) is 12.3 Å². The van der Waals surface area contributed by atoms with Crippen molar-refractivity contribution in [2.45, 2.75) is 38.1 Å². The zero-order chi connectivity index (χ0) is 22.4. The summed E-state index contributed by atoms with van der Waals surface area (Å²) in [6, 6.07) is 9.54. The van der Waals surface area contributed by atoms with E-state index in [0.29, 0.717) is 30.7 Å². The molecule has 0 atom stereocenters. The van der Waals surface area contributed by atoms with Gasteiger partial charge in [-0.3, -0.25) is 0 Å². The zero-order valence-electron chi connectivity index (χ0n) is 17.7. The molecule has 0 fully saturated rings. The smallest absolute Gasteiger partial charge is 0.187 e. The summed E-state index contributed by atoms with van der Waals surface area (Å²) in [4.78, 5) is 1.96. The van der Waals surface area contributed by atoms with E-state index in [0.717, 1.165) is 29.7 Å². The standard InChI is InChI=1S/C24H26N2O4S/c1-4-7-8-14-25-15-13-19(24(18-25)31(27,28)29)10-12-22-16-20-9-11-21(17-23(20)30-22)26(5-2)6-3/h1,9-13,15-18H,5-8,14H2,2-3H3. The van der Waals surface area contributed by atoms with E-state index < -0.39 is 10.1 Å². The summed E-state index contributed by atoms with van der Waals surface area (Å²) in [6.45, 7) is 6.54. The molecule has 3 rings (SSSR count). The maximum atomic E-state index is 11.8. The third-order valence-electron chi connectivity index (χ3n) is 5.10. The van der Waals surface area contributed by atoms with Crippen molar-refractivity contribution >= 4 is 38.9 Å². The predicted molar refractivity (Wildman–Crippen MR) is 121 cm³/mol. The van der Waals surface area contributed by atoms with Gasteiger partial charge in [0.05, 0.1) is 0 Å². The molecular formula is C24H26N2O4S. The van der Waals surface area contributed by atoms with E-state index in [9.17, 15) is 13.0 Å². The Bertz CT molecular complexity index is 1230. The van der Waals surface area contributed by atoms with Crippen LogP contribution in [-0.4, -0.2) is 26.1 Å². The lowest BCUT2D eigenvalue weighted by molar-refractivity contribution is -0.699. The molecule has 162 valence electrons. The summed E-state index contributed by atoms with van der Waals surface area (Å²) >= 11 is 0. The highest BCUT2D eigenvalue weighted by Gasteiger charge is 2.14. The van der Waals surface area contributed by atoms with Gasteiger partial charge in [-0.2, -0.15) is 0 Å². The summed E-state index contributed by atoms with van der Waals surface area (Å²) in [6.07, 6.45) is 12.9. The van der Waals surface area contributed by atoms with Gasteiger partial charge in [-0.1, -0.05) is 0 Å². The molecule has 7 heteroatoms. The zero-order valence-corrected chi connectivity index (χ0v) is 18.6. The van der Waals surface area contributed by atoms with Crippen LogP contribution in [0.15, 0.2) is 52.0 Å². The van der Waals surface area contributed by atoms with Crippen molar-refractivity contribution in [1.82, 2.24) is 0 Å². The molecule has 0 unspecified atom stereocenters. The van der Waals surface area contributed by atoms with Crippen LogP contribution in [0.4, 0.5) is 5.69 Å². The molecule has 0 radical (unpaired) electrons. The summed E-state index contributed by atoms with van der Waals surface area (Å²) in [5.41, 5.74) is 2.15. The second kappa shape index (κ2) is 9.82. The molecule has 0 aliphatic rings. The average Bonchev–Trinajstić information content (AvgIpc) is 3.15. The minimum absolute atomic E-state index is 0.271. The molecule has 0 aliphatic heterocycles.